The standard InChI is InChI=1S/C19H16F2N4O2/c1-25-8-7-22-15(25)10-27-14-5-4-13(20)16(17(14)21)18(26)12-9-24-19-11(12)3-2-6-23-19/h2-4,6-9,14H,5,10H2,1H3,(H,23,24). The second kappa shape index (κ2) is 6.88. The van der Waals surface area contributed by atoms with E-state index in [9.17, 15) is 13.6 Å². The maximum absolute atomic E-state index is 14.9. The summed E-state index contributed by atoms with van der Waals surface area (Å²) in [5.41, 5.74) is 0.0389. The molecule has 1 N–H and O–H groups in total. The number of carbonyl (C=O) groups excluding carboxylic acids is 1. The topological polar surface area (TPSA) is 72.8 Å². The van der Waals surface area contributed by atoms with Crippen LogP contribution in [-0.2, 0) is 18.4 Å². The lowest BCUT2D eigenvalue weighted by molar-refractivity contribution is 0.0437. The lowest BCUT2D eigenvalue weighted by atomic mass is 9.95. The number of aromatic amines is 1. The van der Waals surface area contributed by atoms with Crippen LogP contribution in [0.15, 0.2) is 60.2 Å². The first-order valence-corrected chi connectivity index (χ1v) is 8.36. The lowest BCUT2D eigenvalue weighted by Gasteiger charge is -2.20. The minimum absolute atomic E-state index is 0.00824. The summed E-state index contributed by atoms with van der Waals surface area (Å²) in [6.45, 7) is 0.0511. The van der Waals surface area contributed by atoms with Gasteiger partial charge in [-0.05, 0) is 18.2 Å². The van der Waals surface area contributed by atoms with Crippen LogP contribution in [0, 0.1) is 0 Å². The van der Waals surface area contributed by atoms with Crippen LogP contribution in [0.4, 0.5) is 8.78 Å². The number of ether oxygens (including phenoxy) is 1. The zero-order chi connectivity index (χ0) is 19.0. The predicted octanol–water partition coefficient (Wildman–Crippen LogP) is 3.55. The van der Waals surface area contributed by atoms with Gasteiger partial charge in [0.2, 0.25) is 5.78 Å². The van der Waals surface area contributed by atoms with Crippen LogP contribution in [0.1, 0.15) is 22.6 Å². The van der Waals surface area contributed by atoms with Crippen LogP contribution in [0.25, 0.3) is 11.0 Å². The number of allylic oxidation sites excluding steroid dienone is 2. The summed E-state index contributed by atoms with van der Waals surface area (Å²) < 4.78 is 36.6. The number of imidazole rings is 1. The molecule has 0 aliphatic heterocycles. The molecule has 0 bridgehead atoms. The third-order valence-corrected chi connectivity index (χ3v) is 4.53. The maximum atomic E-state index is 14.9. The van der Waals surface area contributed by atoms with Crippen molar-refractivity contribution >= 4 is 16.8 Å². The number of aryl methyl sites for hydroxylation is 1. The number of carbonyl (C=O) groups is 1. The van der Waals surface area contributed by atoms with E-state index in [4.69, 9.17) is 4.74 Å². The van der Waals surface area contributed by atoms with E-state index in [0.29, 0.717) is 16.9 Å². The second-order valence-electron chi connectivity index (χ2n) is 6.20. The summed E-state index contributed by atoms with van der Waals surface area (Å²) >= 11 is 0. The fraction of sp³-hybridized carbons (Fsp3) is 0.211. The molecule has 0 spiro atoms. The molecule has 0 radical (unpaired) electrons. The Morgan fingerprint density at radius 1 is 1.37 bits per heavy atom. The Morgan fingerprint density at radius 2 is 2.22 bits per heavy atom. The number of nitrogens with one attached hydrogen (secondary N) is 1. The number of ketones is 1. The number of pyridine rings is 1. The van der Waals surface area contributed by atoms with E-state index in [1.54, 1.807) is 42.3 Å². The molecular weight excluding hydrogens is 354 g/mol. The number of nitrogens with zero attached hydrogens (tertiary/aromatic N) is 3. The first kappa shape index (κ1) is 17.3. The number of halogens is 2. The molecule has 27 heavy (non-hydrogen) atoms. The zero-order valence-corrected chi connectivity index (χ0v) is 14.4. The van der Waals surface area contributed by atoms with Crippen molar-refractivity contribution in [1.29, 1.82) is 0 Å². The Labute approximate surface area is 153 Å². The van der Waals surface area contributed by atoms with Crippen molar-refractivity contribution in [3.63, 3.8) is 0 Å². The van der Waals surface area contributed by atoms with Gasteiger partial charge in [-0.1, -0.05) is 0 Å². The maximum Gasteiger partial charge on any atom is 0.200 e. The van der Waals surface area contributed by atoms with Crippen LogP contribution < -0.4 is 0 Å². The number of rotatable bonds is 5. The largest absolute Gasteiger partial charge is 0.363 e. The van der Waals surface area contributed by atoms with Gasteiger partial charge in [0.05, 0.1) is 5.57 Å². The molecule has 3 aromatic heterocycles. The van der Waals surface area contributed by atoms with E-state index in [2.05, 4.69) is 15.0 Å². The molecule has 6 nitrogen and oxygen atoms in total. The summed E-state index contributed by atoms with van der Waals surface area (Å²) in [4.78, 5) is 23.9. The van der Waals surface area contributed by atoms with Gasteiger partial charge in [0, 0.05) is 49.2 Å². The van der Waals surface area contributed by atoms with Gasteiger partial charge >= 0.3 is 0 Å². The smallest absolute Gasteiger partial charge is 0.200 e. The highest BCUT2D eigenvalue weighted by molar-refractivity contribution is 6.17. The Hall–Kier alpha value is -3.13. The van der Waals surface area contributed by atoms with Gasteiger partial charge in [-0.15, -0.1) is 0 Å². The summed E-state index contributed by atoms with van der Waals surface area (Å²) in [6, 6.07) is 3.33. The van der Waals surface area contributed by atoms with Crippen LogP contribution in [0.5, 0.6) is 0 Å². The van der Waals surface area contributed by atoms with Gasteiger partial charge in [-0.3, -0.25) is 4.79 Å². The summed E-state index contributed by atoms with van der Waals surface area (Å²) in [6.07, 6.45) is 6.46. The third kappa shape index (κ3) is 3.08. The SMILES string of the molecule is Cn1ccnc1COC1CC=C(F)C(C(=O)c2c[nH]c3ncccc23)=C1F. The first-order valence-electron chi connectivity index (χ1n) is 8.36. The Morgan fingerprint density at radius 3 is 3.00 bits per heavy atom. The fourth-order valence-electron chi connectivity index (χ4n) is 3.04. The minimum Gasteiger partial charge on any atom is -0.363 e. The number of aromatic nitrogens is 4. The van der Waals surface area contributed by atoms with Gasteiger partial charge < -0.3 is 14.3 Å². The third-order valence-electron chi connectivity index (χ3n) is 4.53. The van der Waals surface area contributed by atoms with Crippen molar-refractivity contribution in [1.82, 2.24) is 19.5 Å². The molecule has 138 valence electrons. The van der Waals surface area contributed by atoms with E-state index in [1.807, 2.05) is 0 Å². The van der Waals surface area contributed by atoms with E-state index < -0.39 is 29.1 Å². The van der Waals surface area contributed by atoms with Gasteiger partial charge in [-0.25, -0.2) is 18.7 Å². The van der Waals surface area contributed by atoms with Crippen molar-refractivity contribution in [3.05, 3.63) is 71.6 Å². The van der Waals surface area contributed by atoms with Crippen molar-refractivity contribution in [3.8, 4) is 0 Å². The molecule has 3 heterocycles. The van der Waals surface area contributed by atoms with E-state index in [1.165, 1.54) is 12.3 Å². The second-order valence-corrected chi connectivity index (χ2v) is 6.20. The van der Waals surface area contributed by atoms with Crippen molar-refractivity contribution < 1.29 is 18.3 Å². The van der Waals surface area contributed by atoms with E-state index in [0.717, 1.165) is 0 Å². The molecule has 0 amide bonds. The van der Waals surface area contributed by atoms with Crippen LogP contribution >= 0.6 is 0 Å². The van der Waals surface area contributed by atoms with E-state index in [-0.39, 0.29) is 18.6 Å². The monoisotopic (exact) mass is 370 g/mol. The summed E-state index contributed by atoms with van der Waals surface area (Å²) in [5, 5.41) is 0.506. The van der Waals surface area contributed by atoms with Crippen LogP contribution in [-0.4, -0.2) is 31.4 Å². The molecular formula is C19H16F2N4O2. The molecule has 4 rings (SSSR count). The van der Waals surface area contributed by atoms with Crippen LogP contribution in [0.3, 0.4) is 0 Å². The highest BCUT2D eigenvalue weighted by Crippen LogP contribution is 2.33. The molecule has 1 aliphatic rings. The number of H-pyrrole nitrogens is 1. The molecule has 0 saturated heterocycles. The Balaban J connectivity index is 1.63. The molecule has 0 fully saturated rings. The van der Waals surface area contributed by atoms with Gasteiger partial charge in [0.15, 0.2) is 0 Å². The van der Waals surface area contributed by atoms with E-state index >= 15 is 0 Å². The molecule has 0 saturated carbocycles. The predicted molar refractivity (Wildman–Crippen MR) is 94.2 cm³/mol. The van der Waals surface area contributed by atoms with Gasteiger partial charge in [0.1, 0.15) is 35.8 Å². The van der Waals surface area contributed by atoms with Crippen molar-refractivity contribution in [2.75, 3.05) is 0 Å². The number of Topliss-reactive ketones (excluding diaryl/α,β-unsaturated/α-hetero) is 1. The lowest BCUT2D eigenvalue weighted by Crippen LogP contribution is -2.22. The minimum atomic E-state index is -1.04. The average molecular weight is 370 g/mol. The summed E-state index contributed by atoms with van der Waals surface area (Å²) in [7, 11) is 1.79. The number of hydrogen-bond acceptors (Lipinski definition) is 4. The normalized spacial score (nSPS) is 17.4. The van der Waals surface area contributed by atoms with Gasteiger partial charge in [-0.2, -0.15) is 0 Å². The van der Waals surface area contributed by atoms with Crippen molar-refractivity contribution in [2.24, 2.45) is 7.05 Å². The zero-order valence-electron chi connectivity index (χ0n) is 14.4. The molecule has 1 unspecified atom stereocenters. The average Bonchev–Trinajstić information content (AvgIpc) is 3.27. The molecule has 1 atom stereocenters. The van der Waals surface area contributed by atoms with Crippen molar-refractivity contribution in [2.45, 2.75) is 19.1 Å². The molecule has 3 aromatic rings. The molecule has 8 heteroatoms. The first-order chi connectivity index (χ1) is 13.1. The molecule has 1 aliphatic carbocycles. The Kier molecular flexibility index (Phi) is 4.41. The highest BCUT2D eigenvalue weighted by Gasteiger charge is 2.32. The fourth-order valence-corrected chi connectivity index (χ4v) is 3.04. The summed E-state index contributed by atoms with van der Waals surface area (Å²) in [5.74, 6) is -1.93. The van der Waals surface area contributed by atoms with Crippen LogP contribution in [0.2, 0.25) is 0 Å². The number of hydrogen-bond donors (Lipinski definition) is 1. The van der Waals surface area contributed by atoms with Gasteiger partial charge in [0.25, 0.3) is 0 Å². The quantitative estimate of drug-likeness (QED) is 0.697. The number of fused-ring (bicyclic) bond motifs is 1. The highest BCUT2D eigenvalue weighted by atomic mass is 19.1. The Bertz CT molecular complexity index is 1080. The molecule has 0 aromatic carbocycles.